The molecule has 48 heavy (non-hydrogen) atoms. The molecule has 0 N–H and O–H groups in total. The fraction of sp³-hybridized carbons (Fsp3) is 0.579. The second-order valence-corrected chi connectivity index (χ2v) is 14.4. The first-order valence-electron chi connectivity index (χ1n) is 17.3. The SMILES string of the molecule is COC(=O)C1C(OC(=O)[C@@H]2[C@@H](C(=O)OC3C[C@@H]4CC[C@H](C3C(=O)OC)N4C)[C@H](c3ccccc3)[C@H]2c2ccccc2)C[C@@H]2CC[C@H]1N2C. The average Bonchev–Trinajstić information content (AvgIpc) is 3.45. The van der Waals surface area contributed by atoms with Gasteiger partial charge in [-0.15, -0.1) is 0 Å². The van der Waals surface area contributed by atoms with Crippen LogP contribution >= 0.6 is 0 Å². The zero-order valence-electron chi connectivity index (χ0n) is 28.1. The highest BCUT2D eigenvalue weighted by atomic mass is 16.6. The van der Waals surface area contributed by atoms with E-state index in [0.29, 0.717) is 12.8 Å². The number of methoxy groups -OCH3 is 2. The number of rotatable bonds is 8. The van der Waals surface area contributed by atoms with Crippen LogP contribution in [0.2, 0.25) is 0 Å². The molecule has 4 bridgehead atoms. The lowest BCUT2D eigenvalue weighted by Gasteiger charge is -2.51. The minimum absolute atomic E-state index is 0.0757. The summed E-state index contributed by atoms with van der Waals surface area (Å²) in [6.07, 6.45) is 3.24. The number of nitrogens with zero attached hydrogens (tertiary/aromatic N) is 2. The van der Waals surface area contributed by atoms with Crippen LogP contribution in [0.4, 0.5) is 0 Å². The Balaban J connectivity index is 1.23. The third kappa shape index (κ3) is 5.50. The zero-order valence-corrected chi connectivity index (χ0v) is 28.1. The lowest BCUT2D eigenvalue weighted by Crippen LogP contribution is -2.58. The molecule has 256 valence electrons. The molecular weight excluding hydrogens is 612 g/mol. The van der Waals surface area contributed by atoms with Crippen LogP contribution in [0.5, 0.6) is 0 Å². The summed E-state index contributed by atoms with van der Waals surface area (Å²) in [5.41, 5.74) is 1.85. The Labute approximate surface area is 282 Å². The summed E-state index contributed by atoms with van der Waals surface area (Å²) in [6.45, 7) is 0. The number of benzene rings is 2. The van der Waals surface area contributed by atoms with Crippen molar-refractivity contribution in [3.05, 3.63) is 71.8 Å². The van der Waals surface area contributed by atoms with E-state index in [-0.39, 0.29) is 47.9 Å². The molecule has 10 nitrogen and oxygen atoms in total. The van der Waals surface area contributed by atoms with Gasteiger partial charge in [0.1, 0.15) is 24.0 Å². The molecule has 5 fully saturated rings. The van der Waals surface area contributed by atoms with Gasteiger partial charge in [0.15, 0.2) is 0 Å². The molecule has 10 heteroatoms. The molecule has 1 aliphatic carbocycles. The smallest absolute Gasteiger partial charge is 0.314 e. The van der Waals surface area contributed by atoms with Gasteiger partial charge in [-0.2, -0.15) is 0 Å². The molecule has 4 unspecified atom stereocenters. The van der Waals surface area contributed by atoms with Crippen LogP contribution in [0.1, 0.15) is 61.5 Å². The van der Waals surface area contributed by atoms with Crippen molar-refractivity contribution >= 4 is 23.9 Å². The predicted molar refractivity (Wildman–Crippen MR) is 174 cm³/mol. The normalized spacial score (nSPS) is 37.2. The van der Waals surface area contributed by atoms with Gasteiger partial charge in [0.2, 0.25) is 0 Å². The van der Waals surface area contributed by atoms with Crippen LogP contribution in [0, 0.1) is 23.7 Å². The largest absolute Gasteiger partial charge is 0.469 e. The van der Waals surface area contributed by atoms with Gasteiger partial charge in [-0.3, -0.25) is 29.0 Å². The van der Waals surface area contributed by atoms with Crippen molar-refractivity contribution < 1.29 is 38.1 Å². The number of carbonyl (C=O) groups is 4. The maximum atomic E-state index is 14.5. The number of ether oxygens (including phenoxy) is 4. The van der Waals surface area contributed by atoms with E-state index in [4.69, 9.17) is 18.9 Å². The number of hydrogen-bond donors (Lipinski definition) is 0. The minimum Gasteiger partial charge on any atom is -0.469 e. The van der Waals surface area contributed by atoms with E-state index in [0.717, 1.165) is 36.8 Å². The third-order valence-electron chi connectivity index (χ3n) is 12.4. The van der Waals surface area contributed by atoms with E-state index >= 15 is 0 Å². The fourth-order valence-corrected chi connectivity index (χ4v) is 9.94. The summed E-state index contributed by atoms with van der Waals surface area (Å²) in [4.78, 5) is 59.7. The summed E-state index contributed by atoms with van der Waals surface area (Å²) in [5.74, 6) is -5.41. The van der Waals surface area contributed by atoms with Gasteiger partial charge >= 0.3 is 23.9 Å². The third-order valence-corrected chi connectivity index (χ3v) is 12.4. The average molecular weight is 659 g/mol. The van der Waals surface area contributed by atoms with Crippen molar-refractivity contribution in [2.24, 2.45) is 23.7 Å². The maximum absolute atomic E-state index is 14.5. The molecule has 0 radical (unpaired) electrons. The standard InChI is InChI=1S/C38H46N2O8/c1-39-23-15-17-25(39)31(35(41)45-3)27(19-23)47-37(43)33-29(21-11-7-5-8-12-21)30(22-13-9-6-10-14-22)34(33)38(44)48-28-20-24-16-18-26(40(24)2)32(28)36(42)46-4/h5-14,23-34H,15-20H2,1-4H3/t23-,24-,25+,26+,27?,28?,29+,30+,31?,32?,33-,34-/m0/s1. The highest BCUT2D eigenvalue weighted by Gasteiger charge is 2.62. The van der Waals surface area contributed by atoms with Crippen molar-refractivity contribution in [3.8, 4) is 0 Å². The zero-order chi connectivity index (χ0) is 33.7. The van der Waals surface area contributed by atoms with Crippen molar-refractivity contribution in [1.82, 2.24) is 9.80 Å². The van der Waals surface area contributed by atoms with Crippen LogP contribution < -0.4 is 0 Å². The summed E-state index contributed by atoms with van der Waals surface area (Å²) < 4.78 is 23.1. The van der Waals surface area contributed by atoms with E-state index < -0.39 is 47.8 Å². The number of piperidine rings is 2. The van der Waals surface area contributed by atoms with Gasteiger partial charge in [0.25, 0.3) is 0 Å². The first-order chi connectivity index (χ1) is 23.2. The van der Waals surface area contributed by atoms with Crippen molar-refractivity contribution in [2.75, 3.05) is 28.3 Å². The van der Waals surface area contributed by atoms with Crippen molar-refractivity contribution in [2.45, 2.75) is 86.7 Å². The maximum Gasteiger partial charge on any atom is 0.314 e. The molecule has 0 spiro atoms. The molecule has 4 saturated heterocycles. The van der Waals surface area contributed by atoms with Crippen LogP contribution in [0.25, 0.3) is 0 Å². The summed E-state index contributed by atoms with van der Waals surface area (Å²) in [7, 11) is 6.77. The van der Waals surface area contributed by atoms with E-state index in [1.54, 1.807) is 0 Å². The van der Waals surface area contributed by atoms with Gasteiger partial charge in [-0.25, -0.2) is 0 Å². The van der Waals surface area contributed by atoms with Gasteiger partial charge in [-0.05, 0) is 50.9 Å². The predicted octanol–water partition coefficient (Wildman–Crippen LogP) is 3.94. The van der Waals surface area contributed by atoms with E-state index in [2.05, 4.69) is 9.80 Å². The van der Waals surface area contributed by atoms with Gasteiger partial charge in [-0.1, -0.05) is 60.7 Å². The van der Waals surface area contributed by atoms with Gasteiger partial charge < -0.3 is 18.9 Å². The number of esters is 4. The lowest BCUT2D eigenvalue weighted by atomic mass is 9.52. The molecule has 1 saturated carbocycles. The Morgan fingerprint density at radius 3 is 1.27 bits per heavy atom. The van der Waals surface area contributed by atoms with Crippen LogP contribution in [-0.2, 0) is 38.1 Å². The molecule has 5 aliphatic rings. The summed E-state index contributed by atoms with van der Waals surface area (Å²) >= 11 is 0. The number of hydrogen-bond acceptors (Lipinski definition) is 10. The fourth-order valence-electron chi connectivity index (χ4n) is 9.94. The molecule has 2 aromatic rings. The second kappa shape index (κ2) is 13.3. The molecule has 7 rings (SSSR count). The summed E-state index contributed by atoms with van der Waals surface area (Å²) in [6, 6.07) is 19.8. The molecule has 4 aliphatic heterocycles. The number of carbonyl (C=O) groups excluding carboxylic acids is 4. The Hall–Kier alpha value is -3.76. The second-order valence-electron chi connectivity index (χ2n) is 14.4. The van der Waals surface area contributed by atoms with Crippen LogP contribution in [0.15, 0.2) is 60.7 Å². The van der Waals surface area contributed by atoms with E-state index in [9.17, 15) is 19.2 Å². The molecular formula is C38H46N2O8. The van der Waals surface area contributed by atoms with Crippen molar-refractivity contribution in [1.29, 1.82) is 0 Å². The van der Waals surface area contributed by atoms with E-state index in [1.165, 1.54) is 14.2 Å². The Morgan fingerprint density at radius 1 is 0.542 bits per heavy atom. The highest BCUT2D eigenvalue weighted by molar-refractivity contribution is 5.88. The first-order valence-corrected chi connectivity index (χ1v) is 17.3. The molecule has 0 amide bonds. The lowest BCUT2D eigenvalue weighted by molar-refractivity contribution is -0.190. The monoisotopic (exact) mass is 658 g/mol. The molecule has 4 heterocycles. The Bertz CT molecular complexity index is 1410. The van der Waals surface area contributed by atoms with Gasteiger partial charge in [0, 0.05) is 48.8 Å². The van der Waals surface area contributed by atoms with Crippen LogP contribution in [0.3, 0.4) is 0 Å². The number of fused-ring (bicyclic) bond motifs is 4. The highest BCUT2D eigenvalue weighted by Crippen LogP contribution is 2.59. The Morgan fingerprint density at radius 2 is 0.917 bits per heavy atom. The topological polar surface area (TPSA) is 112 Å². The quantitative estimate of drug-likeness (QED) is 0.306. The minimum atomic E-state index is -0.847. The molecule has 0 aromatic heterocycles. The first kappa shape index (κ1) is 32.8. The van der Waals surface area contributed by atoms with Crippen molar-refractivity contribution in [3.63, 3.8) is 0 Å². The van der Waals surface area contributed by atoms with Crippen LogP contribution in [-0.4, -0.2) is 98.4 Å². The summed E-state index contributed by atoms with van der Waals surface area (Å²) in [5, 5.41) is 0. The van der Waals surface area contributed by atoms with Gasteiger partial charge in [0.05, 0.1) is 26.1 Å². The van der Waals surface area contributed by atoms with E-state index in [1.807, 2.05) is 74.8 Å². The molecule has 2 aromatic carbocycles. The Kier molecular flexibility index (Phi) is 9.06. The molecule has 12 atom stereocenters.